The molecule has 4 aliphatic rings. The molecule has 0 aliphatic heterocycles. The van der Waals surface area contributed by atoms with Gasteiger partial charge in [0.15, 0.2) is 0 Å². The quantitative estimate of drug-likeness (QED) is 0.524. The summed E-state index contributed by atoms with van der Waals surface area (Å²) in [6, 6.07) is 0. The Kier molecular flexibility index (Phi) is 6.85. The molecule has 4 unspecified atom stereocenters. The fourth-order valence-electron chi connectivity index (χ4n) is 9.52. The smallest absolute Gasteiger partial charge is 0.305 e. The Bertz CT molecular complexity index is 718. The summed E-state index contributed by atoms with van der Waals surface area (Å²) in [6.45, 7) is 11.8. The number of ketones is 1. The molecule has 4 nitrogen and oxygen atoms in total. The highest BCUT2D eigenvalue weighted by Gasteiger charge is 2.64. The van der Waals surface area contributed by atoms with Gasteiger partial charge in [-0.25, -0.2) is 0 Å². The largest absolute Gasteiger partial charge is 0.466 e. The van der Waals surface area contributed by atoms with E-state index in [2.05, 4.69) is 27.7 Å². The molecular weight excluding hydrogens is 400 g/mol. The van der Waals surface area contributed by atoms with E-state index in [0.29, 0.717) is 60.7 Å². The molecule has 0 bridgehead atoms. The number of carbonyl (C=O) groups is 2. The van der Waals surface area contributed by atoms with Crippen molar-refractivity contribution in [2.75, 3.05) is 6.61 Å². The average Bonchev–Trinajstić information content (AvgIpc) is 3.11. The van der Waals surface area contributed by atoms with Crippen LogP contribution in [-0.4, -0.2) is 29.6 Å². The number of rotatable bonds is 6. The zero-order valence-corrected chi connectivity index (χ0v) is 21.1. The molecule has 4 fully saturated rings. The summed E-state index contributed by atoms with van der Waals surface area (Å²) in [4.78, 5) is 24.3. The standard InChI is InChI=1S/C28H46O4/c1-6-19-23-16-18(29)12-14-28(23,5)22-13-15-27(4)20(9-10-21(27)25(22)26(19)31)17(3)8-11-24(30)32-7-2/h17,19-23,25-26,31H,6-16H2,1-5H3/t17-,19+,20?,21?,22?,23-,25?,26-,27-,28-/m1/s1. The number of hydrogen-bond acceptors (Lipinski definition) is 4. The number of fused-ring (bicyclic) bond motifs is 5. The number of ether oxygens (including phenoxy) is 1. The van der Waals surface area contributed by atoms with Gasteiger partial charge < -0.3 is 9.84 Å². The average molecular weight is 447 g/mol. The lowest BCUT2D eigenvalue weighted by atomic mass is 9.41. The zero-order chi connectivity index (χ0) is 23.3. The van der Waals surface area contributed by atoms with E-state index in [0.717, 1.165) is 25.7 Å². The van der Waals surface area contributed by atoms with Crippen LogP contribution in [0.3, 0.4) is 0 Å². The van der Waals surface area contributed by atoms with Crippen molar-refractivity contribution in [1.29, 1.82) is 0 Å². The van der Waals surface area contributed by atoms with Crippen molar-refractivity contribution < 1.29 is 19.4 Å². The first-order chi connectivity index (χ1) is 15.2. The van der Waals surface area contributed by atoms with Crippen LogP contribution in [0.5, 0.6) is 0 Å². The number of aliphatic hydroxyl groups excluding tert-OH is 1. The van der Waals surface area contributed by atoms with Gasteiger partial charge in [-0.1, -0.05) is 34.1 Å². The van der Waals surface area contributed by atoms with Crippen molar-refractivity contribution in [2.45, 2.75) is 105 Å². The first-order valence-corrected chi connectivity index (χ1v) is 13.5. The number of esters is 1. The van der Waals surface area contributed by atoms with Gasteiger partial charge in [-0.15, -0.1) is 0 Å². The number of hydrogen-bond donors (Lipinski definition) is 1. The van der Waals surface area contributed by atoms with Crippen molar-refractivity contribution in [1.82, 2.24) is 0 Å². The lowest BCUT2D eigenvalue weighted by molar-refractivity contribution is -0.194. The Morgan fingerprint density at radius 1 is 1.09 bits per heavy atom. The van der Waals surface area contributed by atoms with E-state index in [1.54, 1.807) is 0 Å². The van der Waals surface area contributed by atoms with Gasteiger partial charge in [0, 0.05) is 19.3 Å². The van der Waals surface area contributed by atoms with Crippen molar-refractivity contribution in [3.8, 4) is 0 Å². The summed E-state index contributed by atoms with van der Waals surface area (Å²) in [5.74, 6) is 3.56. The Hall–Kier alpha value is -0.900. The first kappa shape index (κ1) is 24.2. The highest BCUT2D eigenvalue weighted by molar-refractivity contribution is 5.79. The summed E-state index contributed by atoms with van der Waals surface area (Å²) in [5.41, 5.74) is 0.454. The fourth-order valence-corrected chi connectivity index (χ4v) is 9.52. The normalized spacial score (nSPS) is 46.7. The van der Waals surface area contributed by atoms with Crippen molar-refractivity contribution in [3.63, 3.8) is 0 Å². The van der Waals surface area contributed by atoms with E-state index in [4.69, 9.17) is 4.74 Å². The predicted molar refractivity (Wildman–Crippen MR) is 126 cm³/mol. The molecule has 0 amide bonds. The molecule has 1 N–H and O–H groups in total. The van der Waals surface area contributed by atoms with Crippen molar-refractivity contribution in [3.05, 3.63) is 0 Å². The Labute approximate surface area is 195 Å². The van der Waals surface area contributed by atoms with Crippen LogP contribution in [0.1, 0.15) is 98.8 Å². The summed E-state index contributed by atoms with van der Waals surface area (Å²) >= 11 is 0. The van der Waals surface area contributed by atoms with Crippen LogP contribution in [0, 0.1) is 52.3 Å². The third kappa shape index (κ3) is 3.77. The Morgan fingerprint density at radius 3 is 2.50 bits per heavy atom. The van der Waals surface area contributed by atoms with E-state index < -0.39 is 0 Å². The molecule has 4 heteroatoms. The van der Waals surface area contributed by atoms with Crippen LogP contribution in [0.4, 0.5) is 0 Å². The number of aliphatic hydroxyl groups is 1. The second-order valence-electron chi connectivity index (χ2n) is 12.3. The highest BCUT2D eigenvalue weighted by atomic mass is 16.5. The van der Waals surface area contributed by atoms with Gasteiger partial charge in [-0.05, 0) is 97.7 Å². The zero-order valence-electron chi connectivity index (χ0n) is 21.1. The van der Waals surface area contributed by atoms with E-state index in [9.17, 15) is 14.7 Å². The number of carbonyl (C=O) groups excluding carboxylic acids is 2. The Morgan fingerprint density at radius 2 is 1.81 bits per heavy atom. The van der Waals surface area contributed by atoms with Gasteiger partial charge in [0.2, 0.25) is 0 Å². The first-order valence-electron chi connectivity index (χ1n) is 13.5. The molecule has 0 aromatic heterocycles. The molecule has 4 aliphatic carbocycles. The third-order valence-corrected chi connectivity index (χ3v) is 11.1. The minimum absolute atomic E-state index is 0.0675. The van der Waals surface area contributed by atoms with Gasteiger partial charge in [-0.2, -0.15) is 0 Å². The van der Waals surface area contributed by atoms with Gasteiger partial charge in [0.25, 0.3) is 0 Å². The molecule has 4 saturated carbocycles. The van der Waals surface area contributed by atoms with E-state index in [-0.39, 0.29) is 28.8 Å². The summed E-state index contributed by atoms with van der Waals surface area (Å²) in [5, 5.41) is 11.8. The van der Waals surface area contributed by atoms with Crippen molar-refractivity contribution in [2.24, 2.45) is 52.3 Å². The van der Waals surface area contributed by atoms with Crippen LogP contribution in [-0.2, 0) is 14.3 Å². The maximum atomic E-state index is 12.4. The van der Waals surface area contributed by atoms with E-state index in [1.165, 1.54) is 25.7 Å². The monoisotopic (exact) mass is 446 g/mol. The van der Waals surface area contributed by atoms with Crippen LogP contribution in [0.2, 0.25) is 0 Å². The Balaban J connectivity index is 1.56. The summed E-state index contributed by atoms with van der Waals surface area (Å²) in [6.07, 6.45) is 9.41. The minimum atomic E-state index is -0.271. The van der Waals surface area contributed by atoms with Gasteiger partial charge >= 0.3 is 5.97 Å². The molecule has 0 aromatic rings. The molecule has 0 aromatic carbocycles. The fraction of sp³-hybridized carbons (Fsp3) is 0.929. The molecule has 0 heterocycles. The lowest BCUT2D eigenvalue weighted by Crippen LogP contribution is -2.61. The van der Waals surface area contributed by atoms with Gasteiger partial charge in [0.1, 0.15) is 5.78 Å². The molecule has 4 rings (SSSR count). The molecule has 0 spiro atoms. The molecule has 182 valence electrons. The maximum absolute atomic E-state index is 12.4. The lowest BCUT2D eigenvalue weighted by Gasteiger charge is -2.64. The molecule has 0 radical (unpaired) electrons. The molecule has 0 saturated heterocycles. The summed E-state index contributed by atoms with van der Waals surface area (Å²) < 4.78 is 5.17. The maximum Gasteiger partial charge on any atom is 0.305 e. The van der Waals surface area contributed by atoms with E-state index in [1.807, 2.05) is 6.92 Å². The van der Waals surface area contributed by atoms with Crippen LogP contribution in [0.25, 0.3) is 0 Å². The molecule has 10 atom stereocenters. The second kappa shape index (κ2) is 9.04. The third-order valence-electron chi connectivity index (χ3n) is 11.1. The highest BCUT2D eigenvalue weighted by Crippen LogP contribution is 2.69. The van der Waals surface area contributed by atoms with E-state index >= 15 is 0 Å². The molecule has 32 heavy (non-hydrogen) atoms. The van der Waals surface area contributed by atoms with Crippen molar-refractivity contribution >= 4 is 11.8 Å². The molecular formula is C28H46O4. The van der Waals surface area contributed by atoms with Gasteiger partial charge in [-0.3, -0.25) is 9.59 Å². The topological polar surface area (TPSA) is 63.6 Å². The predicted octanol–water partition coefficient (Wildman–Crippen LogP) is 5.80. The second-order valence-corrected chi connectivity index (χ2v) is 12.3. The van der Waals surface area contributed by atoms with Gasteiger partial charge in [0.05, 0.1) is 12.7 Å². The summed E-state index contributed by atoms with van der Waals surface area (Å²) in [7, 11) is 0. The SMILES string of the molecule is CCOC(=O)CC[C@@H](C)C1CCC2C3C(CC[C@@]21C)[C@@]1(C)CCC(=O)C[C@@H]1[C@H](CC)[C@H]3O. The van der Waals surface area contributed by atoms with Crippen LogP contribution >= 0.6 is 0 Å². The minimum Gasteiger partial charge on any atom is -0.466 e. The van der Waals surface area contributed by atoms with Crippen LogP contribution < -0.4 is 0 Å². The van der Waals surface area contributed by atoms with Crippen LogP contribution in [0.15, 0.2) is 0 Å². The number of Topliss-reactive ketones (excluding diaryl/α,β-unsaturated/α-hetero) is 1.